The van der Waals surface area contributed by atoms with Gasteiger partial charge in [0.15, 0.2) is 11.5 Å². The maximum absolute atomic E-state index is 11.7. The van der Waals surface area contributed by atoms with Gasteiger partial charge in [-0.25, -0.2) is 4.79 Å². The van der Waals surface area contributed by atoms with E-state index < -0.39 is 5.97 Å². The van der Waals surface area contributed by atoms with Gasteiger partial charge in [0.2, 0.25) is 0 Å². The molecule has 0 aliphatic rings. The number of carboxylic acid groups (broad SMARTS) is 1. The second-order valence-corrected chi connectivity index (χ2v) is 5.95. The molecule has 29 heavy (non-hydrogen) atoms. The van der Waals surface area contributed by atoms with Crippen LogP contribution in [0, 0.1) is 0 Å². The second-order valence-electron chi connectivity index (χ2n) is 5.95. The molecule has 0 aromatic heterocycles. The number of methoxy groups -OCH3 is 2. The molecular formula is C21H20N2O6. The van der Waals surface area contributed by atoms with Crippen molar-refractivity contribution in [2.45, 2.75) is 0 Å². The Kier molecular flexibility index (Phi) is 5.64. The zero-order valence-corrected chi connectivity index (χ0v) is 15.8. The quantitative estimate of drug-likeness (QED) is 0.508. The number of ether oxygens (including phenoxy) is 4. The van der Waals surface area contributed by atoms with Crippen molar-refractivity contribution in [1.82, 2.24) is 0 Å². The third-order valence-electron chi connectivity index (χ3n) is 4.07. The number of nitrogens with two attached hydrogens (primary N) is 2. The predicted octanol–water partition coefficient (Wildman–Crippen LogP) is 4.15. The van der Waals surface area contributed by atoms with Crippen molar-refractivity contribution in [3.8, 4) is 34.5 Å². The third kappa shape index (κ3) is 4.27. The van der Waals surface area contributed by atoms with E-state index in [-0.39, 0.29) is 17.1 Å². The molecule has 0 amide bonds. The van der Waals surface area contributed by atoms with Gasteiger partial charge in [-0.1, -0.05) is 6.07 Å². The average molecular weight is 396 g/mol. The minimum Gasteiger partial charge on any atom is -0.494 e. The van der Waals surface area contributed by atoms with Gasteiger partial charge in [0.05, 0.1) is 25.6 Å². The van der Waals surface area contributed by atoms with Crippen molar-refractivity contribution >= 4 is 17.3 Å². The molecule has 0 aliphatic heterocycles. The Morgan fingerprint density at radius 3 is 1.86 bits per heavy atom. The summed E-state index contributed by atoms with van der Waals surface area (Å²) in [5.41, 5.74) is 12.5. The molecule has 0 fully saturated rings. The molecule has 0 spiro atoms. The Bertz CT molecular complexity index is 1050. The first kappa shape index (κ1) is 19.7. The van der Waals surface area contributed by atoms with Gasteiger partial charge in [0.25, 0.3) is 0 Å². The summed E-state index contributed by atoms with van der Waals surface area (Å²) in [5, 5.41) is 9.58. The van der Waals surface area contributed by atoms with E-state index >= 15 is 0 Å². The van der Waals surface area contributed by atoms with Crippen molar-refractivity contribution in [2.75, 3.05) is 25.7 Å². The first-order valence-electron chi connectivity index (χ1n) is 8.52. The lowest BCUT2D eigenvalue weighted by atomic mass is 10.2. The van der Waals surface area contributed by atoms with Crippen LogP contribution in [0.2, 0.25) is 0 Å². The second kappa shape index (κ2) is 8.30. The molecule has 8 heteroatoms. The van der Waals surface area contributed by atoms with E-state index in [9.17, 15) is 9.90 Å². The molecule has 8 nitrogen and oxygen atoms in total. The number of hydrogen-bond donors (Lipinski definition) is 3. The number of aromatic carboxylic acids is 1. The minimum atomic E-state index is -1.16. The van der Waals surface area contributed by atoms with Crippen LogP contribution in [0.15, 0.2) is 54.6 Å². The van der Waals surface area contributed by atoms with Crippen LogP contribution in [0.5, 0.6) is 34.5 Å². The topological polar surface area (TPSA) is 126 Å². The van der Waals surface area contributed by atoms with E-state index in [4.69, 9.17) is 30.4 Å². The molecule has 0 atom stereocenters. The number of hydrogen-bond acceptors (Lipinski definition) is 7. The standard InChI is InChI=1S/C21H20N2O6/c1-26-18-10-12(6-8-15(18)22)28-17-5-3-4-14(21(24)25)20(17)29-13-7-9-16(23)19(11-13)27-2/h3-11H,22-23H2,1-2H3,(H,24,25). The lowest BCUT2D eigenvalue weighted by Crippen LogP contribution is -2.02. The largest absolute Gasteiger partial charge is 0.494 e. The van der Waals surface area contributed by atoms with Crippen molar-refractivity contribution in [1.29, 1.82) is 0 Å². The fraction of sp³-hybridized carbons (Fsp3) is 0.0952. The van der Waals surface area contributed by atoms with Crippen LogP contribution in [-0.2, 0) is 0 Å². The normalized spacial score (nSPS) is 10.3. The molecule has 0 unspecified atom stereocenters. The smallest absolute Gasteiger partial charge is 0.339 e. The molecule has 3 rings (SSSR count). The Morgan fingerprint density at radius 2 is 1.34 bits per heavy atom. The number of carbonyl (C=O) groups is 1. The van der Waals surface area contributed by atoms with E-state index in [1.165, 1.54) is 20.3 Å². The van der Waals surface area contributed by atoms with Crippen LogP contribution in [0.1, 0.15) is 10.4 Å². The molecule has 5 N–H and O–H groups in total. The molecular weight excluding hydrogens is 376 g/mol. The predicted molar refractivity (Wildman–Crippen MR) is 108 cm³/mol. The number of anilines is 2. The number of nitrogen functional groups attached to an aromatic ring is 2. The van der Waals surface area contributed by atoms with Crippen molar-refractivity contribution in [3.63, 3.8) is 0 Å². The number of benzene rings is 3. The highest BCUT2D eigenvalue weighted by atomic mass is 16.5. The third-order valence-corrected chi connectivity index (χ3v) is 4.07. The van der Waals surface area contributed by atoms with Crippen LogP contribution >= 0.6 is 0 Å². The number of para-hydroxylation sites is 1. The summed E-state index contributed by atoms with van der Waals surface area (Å²) in [5.74, 6) is 0.643. The van der Waals surface area contributed by atoms with Crippen molar-refractivity contribution in [3.05, 3.63) is 60.2 Å². The number of rotatable bonds is 7. The van der Waals surface area contributed by atoms with Gasteiger partial charge in [-0.2, -0.15) is 0 Å². The Balaban J connectivity index is 2.02. The monoisotopic (exact) mass is 396 g/mol. The summed E-state index contributed by atoms with van der Waals surface area (Å²) >= 11 is 0. The zero-order chi connectivity index (χ0) is 21.0. The van der Waals surface area contributed by atoms with Gasteiger partial charge < -0.3 is 35.5 Å². The molecule has 0 radical (unpaired) electrons. The first-order valence-corrected chi connectivity index (χ1v) is 8.52. The van der Waals surface area contributed by atoms with Gasteiger partial charge in [-0.15, -0.1) is 0 Å². The van der Waals surface area contributed by atoms with Gasteiger partial charge in [0, 0.05) is 12.1 Å². The zero-order valence-electron chi connectivity index (χ0n) is 15.8. The van der Waals surface area contributed by atoms with Crippen LogP contribution < -0.4 is 30.4 Å². The van der Waals surface area contributed by atoms with Crippen LogP contribution in [-0.4, -0.2) is 25.3 Å². The van der Waals surface area contributed by atoms with E-state index in [0.717, 1.165) is 0 Å². The first-order chi connectivity index (χ1) is 13.9. The van der Waals surface area contributed by atoms with E-state index in [0.29, 0.717) is 34.4 Å². The Morgan fingerprint density at radius 1 is 0.793 bits per heavy atom. The Hall–Kier alpha value is -4.07. The maximum Gasteiger partial charge on any atom is 0.339 e. The summed E-state index contributed by atoms with van der Waals surface area (Å²) in [7, 11) is 2.97. The molecule has 150 valence electrons. The van der Waals surface area contributed by atoms with Gasteiger partial charge >= 0.3 is 5.97 Å². The molecule has 0 aliphatic carbocycles. The summed E-state index contributed by atoms with van der Waals surface area (Å²) < 4.78 is 22.1. The molecule has 0 saturated heterocycles. The summed E-state index contributed by atoms with van der Waals surface area (Å²) in [6, 6.07) is 14.2. The highest BCUT2D eigenvalue weighted by Gasteiger charge is 2.19. The van der Waals surface area contributed by atoms with Crippen molar-refractivity contribution in [2.24, 2.45) is 0 Å². The lowest BCUT2D eigenvalue weighted by Gasteiger charge is -2.16. The molecule has 3 aromatic carbocycles. The van der Waals surface area contributed by atoms with Crippen LogP contribution in [0.4, 0.5) is 11.4 Å². The average Bonchev–Trinajstić information content (AvgIpc) is 2.71. The minimum absolute atomic E-state index is 0.0302. The summed E-state index contributed by atoms with van der Waals surface area (Å²) in [6.45, 7) is 0. The van der Waals surface area contributed by atoms with Crippen LogP contribution in [0.3, 0.4) is 0 Å². The van der Waals surface area contributed by atoms with E-state index in [1.807, 2.05) is 0 Å². The SMILES string of the molecule is COc1cc(Oc2cccc(C(=O)O)c2Oc2ccc(N)c(OC)c2)ccc1N. The number of carboxylic acids is 1. The van der Waals surface area contributed by atoms with E-state index in [1.54, 1.807) is 48.5 Å². The highest BCUT2D eigenvalue weighted by Crippen LogP contribution is 2.40. The molecule has 3 aromatic rings. The molecule has 0 saturated carbocycles. The van der Waals surface area contributed by atoms with Gasteiger partial charge in [0.1, 0.15) is 28.6 Å². The van der Waals surface area contributed by atoms with Crippen LogP contribution in [0.25, 0.3) is 0 Å². The summed E-state index contributed by atoms with van der Waals surface area (Å²) in [6.07, 6.45) is 0. The summed E-state index contributed by atoms with van der Waals surface area (Å²) in [4.78, 5) is 11.7. The lowest BCUT2D eigenvalue weighted by molar-refractivity contribution is 0.0693. The van der Waals surface area contributed by atoms with Gasteiger partial charge in [-0.3, -0.25) is 0 Å². The fourth-order valence-electron chi connectivity index (χ4n) is 2.62. The van der Waals surface area contributed by atoms with E-state index in [2.05, 4.69) is 0 Å². The maximum atomic E-state index is 11.7. The van der Waals surface area contributed by atoms with Gasteiger partial charge in [-0.05, 0) is 36.4 Å². The molecule has 0 heterocycles. The Labute approximate surface area is 167 Å². The highest BCUT2D eigenvalue weighted by molar-refractivity contribution is 5.92. The fourth-order valence-corrected chi connectivity index (χ4v) is 2.62. The van der Waals surface area contributed by atoms with Crippen molar-refractivity contribution < 1.29 is 28.8 Å². The molecule has 0 bridgehead atoms.